The van der Waals surface area contributed by atoms with Gasteiger partial charge in [0.1, 0.15) is 0 Å². The van der Waals surface area contributed by atoms with Gasteiger partial charge in [-0.05, 0) is 37.5 Å². The molecule has 0 amide bonds. The van der Waals surface area contributed by atoms with Crippen LogP contribution in [0.4, 0.5) is 11.4 Å². The van der Waals surface area contributed by atoms with Crippen molar-refractivity contribution in [1.29, 1.82) is 0 Å². The van der Waals surface area contributed by atoms with Gasteiger partial charge in [-0.1, -0.05) is 24.9 Å². The summed E-state index contributed by atoms with van der Waals surface area (Å²) in [6.45, 7) is 4.00. The Morgan fingerprint density at radius 3 is 2.65 bits per heavy atom. The number of halogens is 1. The SMILES string of the molecule is CCCCS(=O)(=O)Nc1cc(N2CCCC2)ccc1Cl. The standard InChI is InChI=1S/C14H21ClN2O2S/c1-2-3-10-20(18,19)16-14-11-12(6-7-13(14)15)17-8-4-5-9-17/h6-7,11,16H,2-5,8-10H2,1H3. The van der Waals surface area contributed by atoms with Gasteiger partial charge in [0.2, 0.25) is 10.0 Å². The van der Waals surface area contributed by atoms with E-state index in [-0.39, 0.29) is 5.75 Å². The summed E-state index contributed by atoms with van der Waals surface area (Å²) in [5.74, 6) is 0.133. The zero-order valence-electron chi connectivity index (χ0n) is 11.7. The maximum atomic E-state index is 12.0. The van der Waals surface area contributed by atoms with Crippen molar-refractivity contribution in [2.75, 3.05) is 28.5 Å². The molecule has 4 nitrogen and oxygen atoms in total. The fraction of sp³-hybridized carbons (Fsp3) is 0.571. The lowest BCUT2D eigenvalue weighted by molar-refractivity contribution is 0.598. The predicted octanol–water partition coefficient (Wildman–Crippen LogP) is 3.48. The Labute approximate surface area is 126 Å². The van der Waals surface area contributed by atoms with E-state index in [9.17, 15) is 8.42 Å². The van der Waals surface area contributed by atoms with Crippen molar-refractivity contribution in [3.63, 3.8) is 0 Å². The first-order chi connectivity index (χ1) is 9.52. The van der Waals surface area contributed by atoms with E-state index in [4.69, 9.17) is 11.6 Å². The van der Waals surface area contributed by atoms with E-state index in [1.54, 1.807) is 6.07 Å². The molecule has 1 aromatic rings. The van der Waals surface area contributed by atoms with E-state index in [0.717, 1.165) is 25.2 Å². The van der Waals surface area contributed by atoms with Crippen LogP contribution in [-0.4, -0.2) is 27.3 Å². The van der Waals surface area contributed by atoms with Gasteiger partial charge in [-0.3, -0.25) is 4.72 Å². The molecule has 0 unspecified atom stereocenters. The highest BCUT2D eigenvalue weighted by Crippen LogP contribution is 2.30. The van der Waals surface area contributed by atoms with Gasteiger partial charge in [0.25, 0.3) is 0 Å². The molecule has 0 atom stereocenters. The number of hydrogen-bond acceptors (Lipinski definition) is 3. The summed E-state index contributed by atoms with van der Waals surface area (Å²) >= 11 is 6.10. The van der Waals surface area contributed by atoms with Crippen LogP contribution in [0.3, 0.4) is 0 Å². The first-order valence-electron chi connectivity index (χ1n) is 7.07. The van der Waals surface area contributed by atoms with Gasteiger partial charge in [0, 0.05) is 18.8 Å². The Kier molecular flexibility index (Phi) is 5.16. The van der Waals surface area contributed by atoms with Gasteiger partial charge < -0.3 is 4.90 Å². The molecule has 112 valence electrons. The minimum atomic E-state index is -3.31. The third kappa shape index (κ3) is 4.03. The molecular weight excluding hydrogens is 296 g/mol. The molecule has 1 aromatic carbocycles. The number of rotatable bonds is 6. The van der Waals surface area contributed by atoms with Crippen molar-refractivity contribution in [3.05, 3.63) is 23.2 Å². The second-order valence-corrected chi connectivity index (χ2v) is 7.38. The fourth-order valence-corrected chi connectivity index (χ4v) is 3.81. The van der Waals surface area contributed by atoms with Crippen molar-refractivity contribution < 1.29 is 8.42 Å². The monoisotopic (exact) mass is 316 g/mol. The highest BCUT2D eigenvalue weighted by molar-refractivity contribution is 7.92. The Balaban J connectivity index is 2.16. The highest BCUT2D eigenvalue weighted by atomic mass is 35.5. The normalized spacial score (nSPS) is 15.6. The van der Waals surface area contributed by atoms with Gasteiger partial charge in [-0.25, -0.2) is 8.42 Å². The number of nitrogens with zero attached hydrogens (tertiary/aromatic N) is 1. The van der Waals surface area contributed by atoms with Crippen LogP contribution in [0.1, 0.15) is 32.6 Å². The quantitative estimate of drug-likeness (QED) is 0.874. The topological polar surface area (TPSA) is 49.4 Å². The lowest BCUT2D eigenvalue weighted by atomic mass is 10.2. The van der Waals surface area contributed by atoms with Crippen molar-refractivity contribution in [1.82, 2.24) is 0 Å². The molecule has 1 N–H and O–H groups in total. The lowest BCUT2D eigenvalue weighted by Crippen LogP contribution is -2.19. The second-order valence-electron chi connectivity index (χ2n) is 5.13. The molecule has 0 spiro atoms. The first kappa shape index (κ1) is 15.4. The molecule has 6 heteroatoms. The molecule has 1 aliphatic rings. The zero-order valence-corrected chi connectivity index (χ0v) is 13.3. The number of sulfonamides is 1. The van der Waals surface area contributed by atoms with E-state index >= 15 is 0 Å². The average Bonchev–Trinajstić information content (AvgIpc) is 2.93. The first-order valence-corrected chi connectivity index (χ1v) is 9.10. The van der Waals surface area contributed by atoms with Gasteiger partial charge in [0.15, 0.2) is 0 Å². The van der Waals surface area contributed by atoms with Gasteiger partial charge in [-0.15, -0.1) is 0 Å². The summed E-state index contributed by atoms with van der Waals surface area (Å²) < 4.78 is 26.5. The van der Waals surface area contributed by atoms with Crippen LogP contribution < -0.4 is 9.62 Å². The van der Waals surface area contributed by atoms with Crippen LogP contribution in [0.25, 0.3) is 0 Å². The summed E-state index contributed by atoms with van der Waals surface area (Å²) in [7, 11) is -3.31. The molecule has 0 aliphatic carbocycles. The van der Waals surface area contributed by atoms with Crippen LogP contribution in [-0.2, 0) is 10.0 Å². The van der Waals surface area contributed by atoms with Crippen LogP contribution in [0.5, 0.6) is 0 Å². The molecule has 0 aromatic heterocycles. The summed E-state index contributed by atoms with van der Waals surface area (Å²) in [4.78, 5) is 2.25. The number of benzene rings is 1. The second kappa shape index (κ2) is 6.68. The number of unbranched alkanes of at least 4 members (excludes halogenated alkanes) is 1. The third-order valence-electron chi connectivity index (χ3n) is 3.45. The Morgan fingerprint density at radius 2 is 2.00 bits per heavy atom. The van der Waals surface area contributed by atoms with Crippen molar-refractivity contribution in [2.24, 2.45) is 0 Å². The van der Waals surface area contributed by atoms with Crippen LogP contribution >= 0.6 is 11.6 Å². The molecule has 1 aliphatic heterocycles. The van der Waals surface area contributed by atoms with E-state index < -0.39 is 10.0 Å². The summed E-state index contributed by atoms with van der Waals surface area (Å²) in [5.41, 5.74) is 1.51. The van der Waals surface area contributed by atoms with Crippen LogP contribution in [0.2, 0.25) is 5.02 Å². The van der Waals surface area contributed by atoms with Gasteiger partial charge in [0.05, 0.1) is 16.5 Å². The Hall–Kier alpha value is -0.940. The molecule has 0 radical (unpaired) electrons. The summed E-state index contributed by atoms with van der Waals surface area (Å²) in [6, 6.07) is 5.53. The average molecular weight is 317 g/mol. The molecule has 1 fully saturated rings. The van der Waals surface area contributed by atoms with E-state index in [2.05, 4.69) is 9.62 Å². The Bertz CT molecular complexity index is 554. The maximum absolute atomic E-state index is 12.0. The van der Waals surface area contributed by atoms with E-state index in [0.29, 0.717) is 17.1 Å². The summed E-state index contributed by atoms with van der Waals surface area (Å²) in [5, 5.41) is 0.438. The largest absolute Gasteiger partial charge is 0.371 e. The van der Waals surface area contributed by atoms with E-state index in [1.807, 2.05) is 19.1 Å². The molecule has 20 heavy (non-hydrogen) atoms. The Morgan fingerprint density at radius 1 is 1.30 bits per heavy atom. The molecule has 1 heterocycles. The molecule has 0 saturated carbocycles. The van der Waals surface area contributed by atoms with Gasteiger partial charge in [-0.2, -0.15) is 0 Å². The van der Waals surface area contributed by atoms with Gasteiger partial charge >= 0.3 is 0 Å². The third-order valence-corrected chi connectivity index (χ3v) is 5.14. The van der Waals surface area contributed by atoms with Crippen molar-refractivity contribution in [3.8, 4) is 0 Å². The maximum Gasteiger partial charge on any atom is 0.232 e. The molecule has 1 saturated heterocycles. The molecular formula is C14H21ClN2O2S. The molecule has 2 rings (SSSR count). The predicted molar refractivity (Wildman–Crippen MR) is 85.2 cm³/mol. The summed E-state index contributed by atoms with van der Waals surface area (Å²) in [6.07, 6.45) is 3.86. The minimum Gasteiger partial charge on any atom is -0.371 e. The van der Waals surface area contributed by atoms with Crippen LogP contribution in [0.15, 0.2) is 18.2 Å². The zero-order chi connectivity index (χ0) is 14.6. The van der Waals surface area contributed by atoms with Crippen molar-refractivity contribution >= 4 is 33.0 Å². The molecule has 0 bridgehead atoms. The van der Waals surface area contributed by atoms with Crippen molar-refractivity contribution in [2.45, 2.75) is 32.6 Å². The van der Waals surface area contributed by atoms with Crippen LogP contribution in [0, 0.1) is 0 Å². The smallest absolute Gasteiger partial charge is 0.232 e. The highest BCUT2D eigenvalue weighted by Gasteiger charge is 2.16. The lowest BCUT2D eigenvalue weighted by Gasteiger charge is -2.19. The van der Waals surface area contributed by atoms with E-state index in [1.165, 1.54) is 12.8 Å². The minimum absolute atomic E-state index is 0.133. The number of hydrogen-bond donors (Lipinski definition) is 1. The number of anilines is 2. The number of nitrogens with one attached hydrogen (secondary N) is 1. The fourth-order valence-electron chi connectivity index (χ4n) is 2.32.